The molecule has 0 bridgehead atoms. The number of benzene rings is 2. The fourth-order valence-corrected chi connectivity index (χ4v) is 2.64. The van der Waals surface area contributed by atoms with Crippen LogP contribution in [0.2, 0.25) is 0 Å². The number of carbonyl (C=O) groups excluding carboxylic acids is 1. The molecule has 0 fully saturated rings. The van der Waals surface area contributed by atoms with Crippen LogP contribution in [0.25, 0.3) is 10.8 Å². The SMILES string of the molecule is CSc1cccc(NC(=O)c2n[nH]c(=O)c3ccccc23)c1. The first-order chi connectivity index (χ1) is 10.7. The maximum atomic E-state index is 12.4. The molecule has 0 radical (unpaired) electrons. The maximum absolute atomic E-state index is 12.4. The van der Waals surface area contributed by atoms with Gasteiger partial charge in [0.15, 0.2) is 5.69 Å². The number of carbonyl (C=O) groups is 1. The summed E-state index contributed by atoms with van der Waals surface area (Å²) in [7, 11) is 0. The zero-order chi connectivity index (χ0) is 15.5. The van der Waals surface area contributed by atoms with Gasteiger partial charge in [0.1, 0.15) is 0 Å². The van der Waals surface area contributed by atoms with E-state index in [-0.39, 0.29) is 17.2 Å². The average molecular weight is 311 g/mol. The molecular weight excluding hydrogens is 298 g/mol. The fraction of sp³-hybridized carbons (Fsp3) is 0.0625. The number of aromatic nitrogens is 2. The van der Waals surface area contributed by atoms with Crippen molar-refractivity contribution in [1.82, 2.24) is 10.2 Å². The predicted molar refractivity (Wildman–Crippen MR) is 88.5 cm³/mol. The highest BCUT2D eigenvalue weighted by atomic mass is 32.2. The van der Waals surface area contributed by atoms with E-state index in [1.807, 2.05) is 30.5 Å². The highest BCUT2D eigenvalue weighted by Crippen LogP contribution is 2.20. The Kier molecular flexibility index (Phi) is 3.93. The Morgan fingerprint density at radius 1 is 1.14 bits per heavy atom. The summed E-state index contributed by atoms with van der Waals surface area (Å²) in [5.74, 6) is -0.356. The highest BCUT2D eigenvalue weighted by molar-refractivity contribution is 7.98. The third-order valence-corrected chi connectivity index (χ3v) is 3.96. The summed E-state index contributed by atoms with van der Waals surface area (Å²) in [5.41, 5.74) is 0.579. The van der Waals surface area contributed by atoms with E-state index >= 15 is 0 Å². The quantitative estimate of drug-likeness (QED) is 0.729. The maximum Gasteiger partial charge on any atom is 0.276 e. The van der Waals surface area contributed by atoms with Crippen LogP contribution in [0.1, 0.15) is 10.5 Å². The number of fused-ring (bicyclic) bond motifs is 1. The minimum absolute atomic E-state index is 0.199. The van der Waals surface area contributed by atoms with Gasteiger partial charge in [-0.1, -0.05) is 24.3 Å². The first kappa shape index (κ1) is 14.3. The molecule has 3 rings (SSSR count). The molecule has 0 saturated heterocycles. The van der Waals surface area contributed by atoms with E-state index < -0.39 is 0 Å². The first-order valence-electron chi connectivity index (χ1n) is 6.62. The monoisotopic (exact) mass is 311 g/mol. The number of hydrogen-bond donors (Lipinski definition) is 2. The zero-order valence-corrected chi connectivity index (χ0v) is 12.6. The summed E-state index contributed by atoms with van der Waals surface area (Å²) < 4.78 is 0. The normalized spacial score (nSPS) is 10.6. The topological polar surface area (TPSA) is 74.8 Å². The van der Waals surface area contributed by atoms with Crippen LogP contribution < -0.4 is 10.9 Å². The van der Waals surface area contributed by atoms with Gasteiger partial charge in [0.2, 0.25) is 0 Å². The summed E-state index contributed by atoms with van der Waals surface area (Å²) in [4.78, 5) is 25.2. The van der Waals surface area contributed by atoms with Crippen LogP contribution in [0.5, 0.6) is 0 Å². The molecule has 2 N–H and O–H groups in total. The van der Waals surface area contributed by atoms with Crippen LogP contribution >= 0.6 is 11.8 Å². The van der Waals surface area contributed by atoms with E-state index in [1.165, 1.54) is 0 Å². The second-order valence-electron chi connectivity index (χ2n) is 4.63. The van der Waals surface area contributed by atoms with Crippen LogP contribution in [-0.2, 0) is 0 Å². The predicted octanol–water partition coefficient (Wildman–Crippen LogP) is 2.90. The van der Waals surface area contributed by atoms with Gasteiger partial charge in [0.05, 0.1) is 5.39 Å². The molecule has 110 valence electrons. The van der Waals surface area contributed by atoms with Gasteiger partial charge >= 0.3 is 0 Å². The van der Waals surface area contributed by atoms with Crippen molar-refractivity contribution < 1.29 is 4.79 Å². The van der Waals surface area contributed by atoms with Crippen LogP contribution in [0, 0.1) is 0 Å². The van der Waals surface area contributed by atoms with E-state index in [4.69, 9.17) is 0 Å². The van der Waals surface area contributed by atoms with Gasteiger partial charge in [-0.25, -0.2) is 5.10 Å². The van der Waals surface area contributed by atoms with Gasteiger partial charge in [-0.2, -0.15) is 5.10 Å². The Balaban J connectivity index is 1.99. The number of rotatable bonds is 3. The molecule has 0 aliphatic rings. The van der Waals surface area contributed by atoms with Crippen LogP contribution in [0.15, 0.2) is 58.2 Å². The third-order valence-electron chi connectivity index (χ3n) is 3.24. The lowest BCUT2D eigenvalue weighted by molar-refractivity contribution is 0.102. The van der Waals surface area contributed by atoms with Gasteiger partial charge < -0.3 is 5.32 Å². The number of aromatic amines is 1. The molecule has 6 heteroatoms. The van der Waals surface area contributed by atoms with Crippen LogP contribution in [0.4, 0.5) is 5.69 Å². The lowest BCUT2D eigenvalue weighted by Gasteiger charge is -2.07. The molecule has 0 saturated carbocycles. The van der Waals surface area contributed by atoms with E-state index in [0.717, 1.165) is 4.90 Å². The fourth-order valence-electron chi connectivity index (χ4n) is 2.18. The van der Waals surface area contributed by atoms with Gasteiger partial charge in [-0.15, -0.1) is 11.8 Å². The largest absolute Gasteiger partial charge is 0.321 e. The van der Waals surface area contributed by atoms with E-state index in [9.17, 15) is 9.59 Å². The third kappa shape index (κ3) is 2.73. The van der Waals surface area contributed by atoms with Crippen molar-refractivity contribution in [2.75, 3.05) is 11.6 Å². The molecule has 5 nitrogen and oxygen atoms in total. The summed E-state index contributed by atoms with van der Waals surface area (Å²) in [5, 5.41) is 10.0. The van der Waals surface area contributed by atoms with Crippen molar-refractivity contribution in [2.24, 2.45) is 0 Å². The standard InChI is InChI=1S/C16H13N3O2S/c1-22-11-6-4-5-10(9-11)17-16(21)14-12-7-2-3-8-13(12)15(20)19-18-14/h2-9H,1H3,(H,17,21)(H,19,20). The number of H-pyrrole nitrogens is 1. The molecule has 0 aliphatic carbocycles. The molecule has 3 aromatic rings. The lowest BCUT2D eigenvalue weighted by atomic mass is 10.1. The number of nitrogens with zero attached hydrogens (tertiary/aromatic N) is 1. The Labute approximate surface area is 130 Å². The molecule has 1 heterocycles. The lowest BCUT2D eigenvalue weighted by Crippen LogP contribution is -2.19. The van der Waals surface area contributed by atoms with Crippen molar-refractivity contribution in [3.63, 3.8) is 0 Å². The van der Waals surface area contributed by atoms with Crippen molar-refractivity contribution in [2.45, 2.75) is 4.90 Å². The van der Waals surface area contributed by atoms with Crippen molar-refractivity contribution in [3.8, 4) is 0 Å². The number of thioether (sulfide) groups is 1. The summed E-state index contributed by atoms with van der Waals surface area (Å²) in [6.07, 6.45) is 1.97. The van der Waals surface area contributed by atoms with E-state index in [2.05, 4.69) is 15.5 Å². The smallest absolute Gasteiger partial charge is 0.276 e. The van der Waals surface area contributed by atoms with E-state index in [0.29, 0.717) is 16.5 Å². The molecule has 0 spiro atoms. The first-order valence-corrected chi connectivity index (χ1v) is 7.84. The minimum atomic E-state index is -0.356. The number of nitrogens with one attached hydrogen (secondary N) is 2. The van der Waals surface area contributed by atoms with Crippen LogP contribution in [-0.4, -0.2) is 22.4 Å². The number of anilines is 1. The molecule has 0 atom stereocenters. The van der Waals surface area contributed by atoms with Crippen molar-refractivity contribution in [3.05, 3.63) is 64.6 Å². The highest BCUT2D eigenvalue weighted by Gasteiger charge is 2.14. The van der Waals surface area contributed by atoms with Gasteiger partial charge in [-0.05, 0) is 30.5 Å². The van der Waals surface area contributed by atoms with E-state index in [1.54, 1.807) is 36.0 Å². The summed E-state index contributed by atoms with van der Waals surface area (Å²) >= 11 is 1.60. The molecule has 1 aromatic heterocycles. The van der Waals surface area contributed by atoms with Crippen molar-refractivity contribution in [1.29, 1.82) is 0 Å². The number of amides is 1. The molecular formula is C16H13N3O2S. The molecule has 1 amide bonds. The van der Waals surface area contributed by atoms with Crippen LogP contribution in [0.3, 0.4) is 0 Å². The second-order valence-corrected chi connectivity index (χ2v) is 5.51. The molecule has 22 heavy (non-hydrogen) atoms. The van der Waals surface area contributed by atoms with Gasteiger partial charge in [-0.3, -0.25) is 9.59 Å². The number of hydrogen-bond acceptors (Lipinski definition) is 4. The van der Waals surface area contributed by atoms with Crippen molar-refractivity contribution >= 4 is 34.1 Å². The second kappa shape index (κ2) is 6.03. The Morgan fingerprint density at radius 3 is 2.68 bits per heavy atom. The van der Waals surface area contributed by atoms with Gasteiger partial charge in [0, 0.05) is 16.0 Å². The molecule has 2 aromatic carbocycles. The summed E-state index contributed by atoms with van der Waals surface area (Å²) in [6, 6.07) is 14.4. The average Bonchev–Trinajstić information content (AvgIpc) is 2.55. The molecule has 0 aliphatic heterocycles. The Morgan fingerprint density at radius 2 is 1.91 bits per heavy atom. The Bertz CT molecular complexity index is 905. The summed E-state index contributed by atoms with van der Waals surface area (Å²) in [6.45, 7) is 0. The van der Waals surface area contributed by atoms with Gasteiger partial charge in [0.25, 0.3) is 11.5 Å². The molecule has 0 unspecified atom stereocenters. The minimum Gasteiger partial charge on any atom is -0.321 e. The Hall–Kier alpha value is -2.60. The zero-order valence-electron chi connectivity index (χ0n) is 11.8.